The van der Waals surface area contributed by atoms with Crippen LogP contribution in [-0.2, 0) is 4.79 Å². The van der Waals surface area contributed by atoms with Crippen molar-refractivity contribution in [1.82, 2.24) is 5.32 Å². The highest BCUT2D eigenvalue weighted by molar-refractivity contribution is 5.76. The van der Waals surface area contributed by atoms with Crippen molar-refractivity contribution >= 4 is 5.91 Å². The van der Waals surface area contributed by atoms with Crippen LogP contribution in [0.15, 0.2) is 0 Å². The number of nitrogens with two attached hydrogens (primary N) is 1. The number of hydrogen-bond acceptors (Lipinski definition) is 2. The molecule has 0 aromatic rings. The summed E-state index contributed by atoms with van der Waals surface area (Å²) in [6.07, 6.45) is 8.96. The molecule has 3 N–H and O–H groups in total. The first-order valence-corrected chi connectivity index (χ1v) is 7.63. The van der Waals surface area contributed by atoms with Gasteiger partial charge < -0.3 is 11.1 Å². The van der Waals surface area contributed by atoms with Crippen molar-refractivity contribution in [3.05, 3.63) is 0 Å². The van der Waals surface area contributed by atoms with E-state index >= 15 is 0 Å². The average molecular weight is 254 g/mol. The van der Waals surface area contributed by atoms with Gasteiger partial charge in [0.1, 0.15) is 0 Å². The van der Waals surface area contributed by atoms with Gasteiger partial charge in [0.15, 0.2) is 0 Å². The zero-order valence-corrected chi connectivity index (χ0v) is 12.1. The van der Waals surface area contributed by atoms with Crippen molar-refractivity contribution in [3.8, 4) is 0 Å². The zero-order chi connectivity index (χ0) is 13.4. The number of carbonyl (C=O) groups is 1. The highest BCUT2D eigenvalue weighted by Crippen LogP contribution is 2.23. The van der Waals surface area contributed by atoms with E-state index in [0.717, 1.165) is 25.8 Å². The highest BCUT2D eigenvalue weighted by Gasteiger charge is 2.21. The molecule has 1 saturated carbocycles. The summed E-state index contributed by atoms with van der Waals surface area (Å²) in [7, 11) is 0. The second kappa shape index (κ2) is 8.52. The van der Waals surface area contributed by atoms with Crippen molar-refractivity contribution in [1.29, 1.82) is 0 Å². The van der Waals surface area contributed by atoms with Gasteiger partial charge in [0.25, 0.3) is 0 Å². The van der Waals surface area contributed by atoms with Gasteiger partial charge in [0, 0.05) is 12.5 Å². The van der Waals surface area contributed by atoms with E-state index in [1.165, 1.54) is 25.7 Å². The molecule has 0 radical (unpaired) electrons. The van der Waals surface area contributed by atoms with E-state index in [2.05, 4.69) is 19.2 Å². The van der Waals surface area contributed by atoms with Gasteiger partial charge in [0.05, 0.1) is 0 Å². The first-order valence-electron chi connectivity index (χ1n) is 7.63. The van der Waals surface area contributed by atoms with Crippen LogP contribution in [0.2, 0.25) is 0 Å². The minimum absolute atomic E-state index is 0.234. The summed E-state index contributed by atoms with van der Waals surface area (Å²) in [6, 6.07) is 0.407. The lowest BCUT2D eigenvalue weighted by molar-refractivity contribution is -0.122. The van der Waals surface area contributed by atoms with Crippen LogP contribution in [0.4, 0.5) is 0 Å². The molecule has 1 aliphatic carbocycles. The fourth-order valence-corrected chi connectivity index (χ4v) is 2.79. The maximum atomic E-state index is 11.9. The van der Waals surface area contributed by atoms with Gasteiger partial charge in [-0.3, -0.25) is 4.79 Å². The molecule has 3 unspecified atom stereocenters. The van der Waals surface area contributed by atoms with Crippen LogP contribution in [0.3, 0.4) is 0 Å². The molecular formula is C15H30N2O. The van der Waals surface area contributed by atoms with Crippen molar-refractivity contribution in [3.63, 3.8) is 0 Å². The molecule has 3 nitrogen and oxygen atoms in total. The van der Waals surface area contributed by atoms with E-state index in [1.807, 2.05) is 0 Å². The Morgan fingerprint density at radius 2 is 2.00 bits per heavy atom. The molecule has 18 heavy (non-hydrogen) atoms. The lowest BCUT2D eigenvalue weighted by Gasteiger charge is -2.23. The number of hydrogen-bond donors (Lipinski definition) is 2. The molecule has 0 aromatic heterocycles. The average Bonchev–Trinajstić information content (AvgIpc) is 2.53. The number of rotatable bonds is 6. The zero-order valence-electron chi connectivity index (χ0n) is 12.1. The molecule has 3 heteroatoms. The third-order valence-electron chi connectivity index (χ3n) is 4.23. The normalized spacial score (nSPS) is 26.4. The second-order valence-electron chi connectivity index (χ2n) is 6.01. The van der Waals surface area contributed by atoms with Gasteiger partial charge >= 0.3 is 0 Å². The maximum absolute atomic E-state index is 11.9. The Bertz CT molecular complexity index is 243. The third kappa shape index (κ3) is 5.85. The molecule has 106 valence electrons. The standard InChI is InChI=1S/C15H30N2O/c1-12(10-11-16)8-9-15(18)17-14-7-5-3-4-6-13(14)2/h12-14H,3-11,16H2,1-2H3,(H,17,18). The van der Waals surface area contributed by atoms with E-state index in [4.69, 9.17) is 5.73 Å². The van der Waals surface area contributed by atoms with Gasteiger partial charge in [-0.1, -0.05) is 33.1 Å². The molecule has 0 bridgehead atoms. The predicted molar refractivity (Wildman–Crippen MR) is 76.2 cm³/mol. The van der Waals surface area contributed by atoms with E-state index < -0.39 is 0 Å². The Hall–Kier alpha value is -0.570. The third-order valence-corrected chi connectivity index (χ3v) is 4.23. The van der Waals surface area contributed by atoms with Crippen molar-refractivity contribution < 1.29 is 4.79 Å². The molecule has 1 fully saturated rings. The van der Waals surface area contributed by atoms with Crippen LogP contribution in [0, 0.1) is 11.8 Å². The summed E-state index contributed by atoms with van der Waals surface area (Å²) in [6.45, 7) is 5.17. The summed E-state index contributed by atoms with van der Waals surface area (Å²) in [5.41, 5.74) is 5.52. The fourth-order valence-electron chi connectivity index (χ4n) is 2.79. The summed E-state index contributed by atoms with van der Waals surface area (Å²) in [5, 5.41) is 3.24. The first-order chi connectivity index (χ1) is 8.63. The van der Waals surface area contributed by atoms with Gasteiger partial charge in [-0.05, 0) is 44.1 Å². The molecule has 1 amide bonds. The second-order valence-corrected chi connectivity index (χ2v) is 6.01. The van der Waals surface area contributed by atoms with Crippen molar-refractivity contribution in [2.45, 2.75) is 71.3 Å². The predicted octanol–water partition coefficient (Wildman–Crippen LogP) is 2.84. The van der Waals surface area contributed by atoms with E-state index in [9.17, 15) is 4.79 Å². The van der Waals surface area contributed by atoms with E-state index in [-0.39, 0.29) is 5.91 Å². The molecule has 1 rings (SSSR count). The smallest absolute Gasteiger partial charge is 0.220 e. The quantitative estimate of drug-likeness (QED) is 0.716. The fraction of sp³-hybridized carbons (Fsp3) is 0.933. The number of amides is 1. The van der Waals surface area contributed by atoms with Gasteiger partial charge in [-0.25, -0.2) is 0 Å². The minimum atomic E-state index is 0.234. The molecule has 0 spiro atoms. The number of carbonyl (C=O) groups excluding carboxylic acids is 1. The van der Waals surface area contributed by atoms with Crippen molar-refractivity contribution in [2.75, 3.05) is 6.54 Å². The largest absolute Gasteiger partial charge is 0.353 e. The summed E-state index contributed by atoms with van der Waals surface area (Å²) < 4.78 is 0. The van der Waals surface area contributed by atoms with Gasteiger partial charge in [0.2, 0.25) is 5.91 Å². The van der Waals surface area contributed by atoms with Crippen LogP contribution in [-0.4, -0.2) is 18.5 Å². The summed E-state index contributed by atoms with van der Waals surface area (Å²) >= 11 is 0. The molecule has 0 saturated heterocycles. The Morgan fingerprint density at radius 1 is 1.28 bits per heavy atom. The Morgan fingerprint density at radius 3 is 2.72 bits per heavy atom. The van der Waals surface area contributed by atoms with Crippen LogP contribution in [0.1, 0.15) is 65.2 Å². The monoisotopic (exact) mass is 254 g/mol. The minimum Gasteiger partial charge on any atom is -0.353 e. The van der Waals surface area contributed by atoms with E-state index in [0.29, 0.717) is 24.3 Å². The van der Waals surface area contributed by atoms with Crippen LogP contribution < -0.4 is 11.1 Å². The lowest BCUT2D eigenvalue weighted by atomic mass is 9.96. The van der Waals surface area contributed by atoms with Crippen LogP contribution in [0.5, 0.6) is 0 Å². The SMILES string of the molecule is CC(CCN)CCC(=O)NC1CCCCCC1C. The lowest BCUT2D eigenvalue weighted by Crippen LogP contribution is -2.38. The molecule has 3 atom stereocenters. The summed E-state index contributed by atoms with van der Waals surface area (Å²) in [5.74, 6) is 1.43. The Balaban J connectivity index is 2.25. The molecule has 0 heterocycles. The Labute approximate surface area is 112 Å². The molecular weight excluding hydrogens is 224 g/mol. The molecule has 0 aliphatic heterocycles. The van der Waals surface area contributed by atoms with Gasteiger partial charge in [-0.2, -0.15) is 0 Å². The Kier molecular flexibility index (Phi) is 7.33. The topological polar surface area (TPSA) is 55.1 Å². The summed E-state index contributed by atoms with van der Waals surface area (Å²) in [4.78, 5) is 11.9. The van der Waals surface area contributed by atoms with Crippen LogP contribution >= 0.6 is 0 Å². The maximum Gasteiger partial charge on any atom is 0.220 e. The van der Waals surface area contributed by atoms with Gasteiger partial charge in [-0.15, -0.1) is 0 Å². The molecule has 0 aromatic carbocycles. The van der Waals surface area contributed by atoms with E-state index in [1.54, 1.807) is 0 Å². The van der Waals surface area contributed by atoms with Crippen LogP contribution in [0.25, 0.3) is 0 Å². The highest BCUT2D eigenvalue weighted by atomic mass is 16.1. The van der Waals surface area contributed by atoms with Crippen molar-refractivity contribution in [2.24, 2.45) is 17.6 Å². The molecule has 1 aliphatic rings. The number of nitrogens with one attached hydrogen (secondary N) is 1. The first kappa shape index (κ1) is 15.5.